The average molecular weight is 283 g/mol. The molecule has 0 bridgehead atoms. The molecule has 21 heavy (non-hydrogen) atoms. The summed E-state index contributed by atoms with van der Waals surface area (Å²) in [5, 5.41) is 3.40. The van der Waals surface area contributed by atoms with Gasteiger partial charge in [-0.1, -0.05) is 18.2 Å². The number of benzene rings is 1. The predicted molar refractivity (Wildman–Crippen MR) is 84.1 cm³/mol. The molecule has 1 fully saturated rings. The minimum absolute atomic E-state index is 0.754. The second-order valence-electron chi connectivity index (χ2n) is 5.26. The molecule has 110 valence electrons. The van der Waals surface area contributed by atoms with E-state index in [1.165, 1.54) is 5.56 Å². The molecule has 2 aromatic rings. The van der Waals surface area contributed by atoms with Crippen LogP contribution in [0, 0.1) is 0 Å². The van der Waals surface area contributed by atoms with Crippen LogP contribution >= 0.6 is 0 Å². The van der Waals surface area contributed by atoms with E-state index in [1.807, 2.05) is 24.4 Å². The fourth-order valence-electron chi connectivity index (χ4n) is 2.44. The van der Waals surface area contributed by atoms with Gasteiger partial charge in [0.25, 0.3) is 0 Å². The minimum Gasteiger partial charge on any atom is -0.379 e. The van der Waals surface area contributed by atoms with Crippen LogP contribution in [0.3, 0.4) is 0 Å². The van der Waals surface area contributed by atoms with Crippen LogP contribution in [0.25, 0.3) is 0 Å². The van der Waals surface area contributed by atoms with Crippen molar-refractivity contribution in [1.82, 2.24) is 9.88 Å². The summed E-state index contributed by atoms with van der Waals surface area (Å²) in [6.07, 6.45) is 1.82. The average Bonchev–Trinajstić information content (AvgIpc) is 2.56. The van der Waals surface area contributed by atoms with Crippen molar-refractivity contribution in [2.24, 2.45) is 0 Å². The highest BCUT2D eigenvalue weighted by Crippen LogP contribution is 2.13. The van der Waals surface area contributed by atoms with Gasteiger partial charge in [-0.15, -0.1) is 0 Å². The zero-order chi connectivity index (χ0) is 14.3. The number of nitrogens with zero attached hydrogens (tertiary/aromatic N) is 2. The second kappa shape index (κ2) is 7.20. The molecule has 0 aliphatic carbocycles. The Kier molecular flexibility index (Phi) is 4.82. The molecule has 0 radical (unpaired) electrons. The molecular formula is C17H21N3O. The van der Waals surface area contributed by atoms with Crippen molar-refractivity contribution in [2.75, 3.05) is 31.6 Å². The summed E-state index contributed by atoms with van der Waals surface area (Å²) < 4.78 is 5.37. The number of anilines is 1. The van der Waals surface area contributed by atoms with Crippen molar-refractivity contribution in [3.05, 3.63) is 59.9 Å². The third-order valence-electron chi connectivity index (χ3n) is 3.66. The highest BCUT2D eigenvalue weighted by Gasteiger charge is 2.10. The van der Waals surface area contributed by atoms with Crippen LogP contribution < -0.4 is 5.32 Å². The van der Waals surface area contributed by atoms with Gasteiger partial charge in [0, 0.05) is 31.5 Å². The van der Waals surface area contributed by atoms with Gasteiger partial charge in [-0.3, -0.25) is 9.88 Å². The Bertz CT molecular complexity index is 536. The fourth-order valence-corrected chi connectivity index (χ4v) is 2.44. The normalized spacial score (nSPS) is 15.8. The number of hydrogen-bond acceptors (Lipinski definition) is 4. The molecule has 1 saturated heterocycles. The smallest absolute Gasteiger partial charge is 0.0594 e. The first-order valence-corrected chi connectivity index (χ1v) is 7.43. The van der Waals surface area contributed by atoms with Crippen LogP contribution in [0.2, 0.25) is 0 Å². The third-order valence-corrected chi connectivity index (χ3v) is 3.66. The van der Waals surface area contributed by atoms with E-state index in [0.29, 0.717) is 0 Å². The lowest BCUT2D eigenvalue weighted by Crippen LogP contribution is -2.35. The summed E-state index contributed by atoms with van der Waals surface area (Å²) in [5.74, 6) is 0. The summed E-state index contributed by atoms with van der Waals surface area (Å²) >= 11 is 0. The van der Waals surface area contributed by atoms with Gasteiger partial charge in [-0.2, -0.15) is 0 Å². The van der Waals surface area contributed by atoms with Gasteiger partial charge < -0.3 is 10.1 Å². The van der Waals surface area contributed by atoms with Gasteiger partial charge in [-0.05, 0) is 29.8 Å². The Labute approximate surface area is 125 Å². The number of ether oxygens (including phenoxy) is 1. The van der Waals surface area contributed by atoms with E-state index in [-0.39, 0.29) is 0 Å². The quantitative estimate of drug-likeness (QED) is 0.915. The fraction of sp³-hybridized carbons (Fsp3) is 0.353. The Morgan fingerprint density at radius 2 is 1.86 bits per heavy atom. The van der Waals surface area contributed by atoms with Crippen LogP contribution in [-0.4, -0.2) is 36.2 Å². The van der Waals surface area contributed by atoms with Crippen molar-refractivity contribution >= 4 is 5.69 Å². The Hall–Kier alpha value is -1.91. The van der Waals surface area contributed by atoms with Gasteiger partial charge in [0.2, 0.25) is 0 Å². The maximum Gasteiger partial charge on any atom is 0.0594 e. The van der Waals surface area contributed by atoms with E-state index < -0.39 is 0 Å². The number of aromatic nitrogens is 1. The first-order valence-electron chi connectivity index (χ1n) is 7.43. The van der Waals surface area contributed by atoms with Gasteiger partial charge >= 0.3 is 0 Å². The molecule has 0 amide bonds. The van der Waals surface area contributed by atoms with Gasteiger partial charge in [0.1, 0.15) is 0 Å². The number of rotatable bonds is 5. The zero-order valence-corrected chi connectivity index (χ0v) is 12.2. The molecule has 4 heteroatoms. The van der Waals surface area contributed by atoms with Crippen LogP contribution in [0.15, 0.2) is 48.7 Å². The van der Waals surface area contributed by atoms with E-state index in [9.17, 15) is 0 Å². The van der Waals surface area contributed by atoms with E-state index in [1.54, 1.807) is 0 Å². The van der Waals surface area contributed by atoms with Crippen molar-refractivity contribution in [2.45, 2.75) is 13.1 Å². The molecule has 0 saturated carbocycles. The largest absolute Gasteiger partial charge is 0.379 e. The number of pyridine rings is 1. The van der Waals surface area contributed by atoms with E-state index in [2.05, 4.69) is 39.5 Å². The molecule has 1 aliphatic heterocycles. The lowest BCUT2D eigenvalue weighted by Gasteiger charge is -2.26. The number of nitrogens with one attached hydrogen (secondary N) is 1. The second-order valence-corrected chi connectivity index (χ2v) is 5.26. The van der Waals surface area contributed by atoms with Crippen molar-refractivity contribution < 1.29 is 4.74 Å². The molecule has 0 spiro atoms. The van der Waals surface area contributed by atoms with Crippen LogP contribution in [0.1, 0.15) is 11.3 Å². The van der Waals surface area contributed by atoms with Crippen LogP contribution in [0.4, 0.5) is 5.69 Å². The molecule has 2 heterocycles. The molecule has 1 aliphatic rings. The molecule has 1 aromatic heterocycles. The summed E-state index contributed by atoms with van der Waals surface area (Å²) in [7, 11) is 0. The molecule has 0 unspecified atom stereocenters. The van der Waals surface area contributed by atoms with Gasteiger partial charge in [-0.25, -0.2) is 0 Å². The lowest BCUT2D eigenvalue weighted by molar-refractivity contribution is 0.0342. The maximum absolute atomic E-state index is 5.37. The van der Waals surface area contributed by atoms with E-state index in [0.717, 1.165) is 50.8 Å². The van der Waals surface area contributed by atoms with E-state index in [4.69, 9.17) is 4.74 Å². The molecule has 0 atom stereocenters. The minimum atomic E-state index is 0.754. The summed E-state index contributed by atoms with van der Waals surface area (Å²) in [5.41, 5.74) is 3.53. The summed E-state index contributed by atoms with van der Waals surface area (Å²) in [4.78, 5) is 6.74. The Morgan fingerprint density at radius 1 is 1.05 bits per heavy atom. The van der Waals surface area contributed by atoms with Crippen molar-refractivity contribution in [3.63, 3.8) is 0 Å². The van der Waals surface area contributed by atoms with Gasteiger partial charge in [0.05, 0.1) is 25.5 Å². The third kappa shape index (κ3) is 4.28. The van der Waals surface area contributed by atoms with Crippen molar-refractivity contribution in [1.29, 1.82) is 0 Å². The highest BCUT2D eigenvalue weighted by atomic mass is 16.5. The number of morpholine rings is 1. The van der Waals surface area contributed by atoms with E-state index >= 15 is 0 Å². The highest BCUT2D eigenvalue weighted by molar-refractivity contribution is 5.44. The predicted octanol–water partition coefficient (Wildman–Crippen LogP) is 2.53. The van der Waals surface area contributed by atoms with Crippen molar-refractivity contribution in [3.8, 4) is 0 Å². The van der Waals surface area contributed by atoms with Gasteiger partial charge in [0.15, 0.2) is 0 Å². The topological polar surface area (TPSA) is 37.4 Å². The standard InChI is InChI=1S/C17H21N3O/c1-2-8-18-17(3-1)13-19-16-6-4-15(5-7-16)14-20-9-11-21-12-10-20/h1-8,19H,9-14H2. The zero-order valence-electron chi connectivity index (χ0n) is 12.2. The molecule has 3 rings (SSSR count). The lowest BCUT2D eigenvalue weighted by atomic mass is 10.2. The van der Waals surface area contributed by atoms with Crippen LogP contribution in [-0.2, 0) is 17.8 Å². The maximum atomic E-state index is 5.37. The SMILES string of the molecule is c1ccc(CNc2ccc(CN3CCOCC3)cc2)nc1. The number of hydrogen-bond donors (Lipinski definition) is 1. The monoisotopic (exact) mass is 283 g/mol. The first kappa shape index (κ1) is 14.0. The molecule has 4 nitrogen and oxygen atoms in total. The Morgan fingerprint density at radius 3 is 2.57 bits per heavy atom. The molecule has 1 aromatic carbocycles. The van der Waals surface area contributed by atoms with Crippen LogP contribution in [0.5, 0.6) is 0 Å². The summed E-state index contributed by atoms with van der Waals surface area (Å²) in [6.45, 7) is 5.51. The Balaban J connectivity index is 1.51. The molecular weight excluding hydrogens is 262 g/mol. The molecule has 1 N–H and O–H groups in total. The summed E-state index contributed by atoms with van der Waals surface area (Å²) in [6, 6.07) is 14.6. The first-order chi connectivity index (χ1) is 10.4.